The maximum Gasteiger partial charge on any atom is 0.336 e. The molecule has 0 aliphatic rings. The van der Waals surface area contributed by atoms with Crippen LogP contribution < -0.4 is 10.4 Å². The van der Waals surface area contributed by atoms with Gasteiger partial charge in [-0.05, 0) is 30.5 Å². The molecule has 0 fully saturated rings. The van der Waals surface area contributed by atoms with Gasteiger partial charge in [0.1, 0.15) is 17.9 Å². The van der Waals surface area contributed by atoms with Crippen LogP contribution in [0.3, 0.4) is 0 Å². The Morgan fingerprint density at radius 3 is 2.57 bits per heavy atom. The van der Waals surface area contributed by atoms with Crippen molar-refractivity contribution >= 4 is 22.6 Å². The van der Waals surface area contributed by atoms with Crippen molar-refractivity contribution in [1.82, 2.24) is 0 Å². The maximum atomic E-state index is 11.6. The van der Waals surface area contributed by atoms with Gasteiger partial charge in [-0.1, -0.05) is 48.4 Å². The Balaban J connectivity index is 1.93. The molecule has 3 rings (SSSR count). The number of fused-ring (bicyclic) bond motifs is 1. The fourth-order valence-electron chi connectivity index (χ4n) is 2.48. The zero-order valence-electron chi connectivity index (χ0n) is 13.1. The molecule has 0 N–H and O–H groups in total. The Labute approximate surface area is 139 Å². The van der Waals surface area contributed by atoms with Crippen LogP contribution in [0, 0.1) is 6.92 Å². The molecule has 23 heavy (non-hydrogen) atoms. The molecule has 2 aromatic carbocycles. The van der Waals surface area contributed by atoms with E-state index in [-0.39, 0.29) is 5.63 Å². The molecule has 4 heteroatoms. The summed E-state index contributed by atoms with van der Waals surface area (Å²) in [5, 5.41) is 1.35. The Morgan fingerprint density at radius 1 is 1.13 bits per heavy atom. The van der Waals surface area contributed by atoms with Crippen LogP contribution in [0.2, 0.25) is 5.02 Å². The van der Waals surface area contributed by atoms with Crippen molar-refractivity contribution in [3.8, 4) is 5.75 Å². The van der Waals surface area contributed by atoms with Crippen molar-refractivity contribution in [2.45, 2.75) is 26.9 Å². The molecule has 0 atom stereocenters. The summed E-state index contributed by atoms with van der Waals surface area (Å²) in [4.78, 5) is 11.6. The molecule has 3 nitrogen and oxygen atoms in total. The molecule has 0 spiro atoms. The standard InChI is InChI=1S/C19H17ClO3/c1-3-14-8-19(21)23-17-10-18(16(20)9-15(14)17)22-11-13-6-4-12(2)5-7-13/h4-10H,3,11H2,1-2H3. The summed E-state index contributed by atoms with van der Waals surface area (Å²) in [7, 11) is 0. The van der Waals surface area contributed by atoms with Gasteiger partial charge in [-0.3, -0.25) is 0 Å². The van der Waals surface area contributed by atoms with E-state index in [2.05, 4.69) is 0 Å². The van der Waals surface area contributed by atoms with Gasteiger partial charge in [-0.15, -0.1) is 0 Å². The minimum Gasteiger partial charge on any atom is -0.487 e. The maximum absolute atomic E-state index is 11.6. The van der Waals surface area contributed by atoms with Crippen molar-refractivity contribution < 1.29 is 9.15 Å². The topological polar surface area (TPSA) is 39.4 Å². The Hall–Kier alpha value is -2.26. The van der Waals surface area contributed by atoms with E-state index in [9.17, 15) is 4.79 Å². The average molecular weight is 329 g/mol. The predicted octanol–water partition coefficient (Wildman–Crippen LogP) is 4.90. The van der Waals surface area contributed by atoms with Crippen molar-refractivity contribution in [2.24, 2.45) is 0 Å². The fourth-order valence-corrected chi connectivity index (χ4v) is 2.69. The van der Waals surface area contributed by atoms with Crippen LogP contribution in [0.4, 0.5) is 0 Å². The van der Waals surface area contributed by atoms with Crippen LogP contribution >= 0.6 is 11.6 Å². The van der Waals surface area contributed by atoms with Gasteiger partial charge in [0.05, 0.1) is 5.02 Å². The molecule has 0 radical (unpaired) electrons. The highest BCUT2D eigenvalue weighted by Crippen LogP contribution is 2.31. The van der Waals surface area contributed by atoms with Gasteiger partial charge in [0.25, 0.3) is 0 Å². The third-order valence-corrected chi connectivity index (χ3v) is 4.07. The first-order valence-electron chi connectivity index (χ1n) is 7.51. The second-order valence-corrected chi connectivity index (χ2v) is 5.90. The average Bonchev–Trinajstić information content (AvgIpc) is 2.54. The summed E-state index contributed by atoms with van der Waals surface area (Å²) in [6, 6.07) is 13.1. The van der Waals surface area contributed by atoms with Crippen molar-refractivity contribution in [1.29, 1.82) is 0 Å². The van der Waals surface area contributed by atoms with E-state index in [1.54, 1.807) is 12.1 Å². The third-order valence-electron chi connectivity index (χ3n) is 3.78. The van der Waals surface area contributed by atoms with Gasteiger partial charge in [-0.25, -0.2) is 4.79 Å². The lowest BCUT2D eigenvalue weighted by Crippen LogP contribution is -2.01. The van der Waals surface area contributed by atoms with Gasteiger partial charge in [-0.2, -0.15) is 0 Å². The van der Waals surface area contributed by atoms with Crippen LogP contribution in [0.1, 0.15) is 23.6 Å². The third kappa shape index (κ3) is 3.40. The lowest BCUT2D eigenvalue weighted by Gasteiger charge is -2.10. The Kier molecular flexibility index (Phi) is 4.39. The largest absolute Gasteiger partial charge is 0.487 e. The van der Waals surface area contributed by atoms with E-state index in [1.807, 2.05) is 38.1 Å². The number of benzene rings is 2. The minimum absolute atomic E-state index is 0.360. The summed E-state index contributed by atoms with van der Waals surface area (Å²) in [6.45, 7) is 4.44. The normalized spacial score (nSPS) is 10.9. The van der Waals surface area contributed by atoms with Gasteiger partial charge in [0.2, 0.25) is 0 Å². The van der Waals surface area contributed by atoms with Gasteiger partial charge in [0, 0.05) is 17.5 Å². The van der Waals surface area contributed by atoms with Gasteiger partial charge < -0.3 is 9.15 Å². The molecular weight excluding hydrogens is 312 g/mol. The zero-order chi connectivity index (χ0) is 16.4. The molecule has 1 heterocycles. The van der Waals surface area contributed by atoms with E-state index in [0.717, 1.165) is 22.9 Å². The zero-order valence-corrected chi connectivity index (χ0v) is 13.8. The SMILES string of the molecule is CCc1cc(=O)oc2cc(OCc3ccc(C)cc3)c(Cl)cc12. The van der Waals surface area contributed by atoms with Crippen molar-refractivity contribution in [3.63, 3.8) is 0 Å². The molecule has 0 aliphatic heterocycles. The minimum atomic E-state index is -0.360. The second-order valence-electron chi connectivity index (χ2n) is 5.50. The Bertz CT molecular complexity index is 895. The first-order valence-corrected chi connectivity index (χ1v) is 7.89. The highest BCUT2D eigenvalue weighted by Gasteiger charge is 2.10. The van der Waals surface area contributed by atoms with Crippen molar-refractivity contribution in [2.75, 3.05) is 0 Å². The molecule has 0 amide bonds. The van der Waals surface area contributed by atoms with Crippen molar-refractivity contribution in [3.05, 3.63) is 74.6 Å². The molecule has 0 bridgehead atoms. The van der Waals surface area contributed by atoms with E-state index in [1.165, 1.54) is 11.6 Å². The Morgan fingerprint density at radius 2 is 1.87 bits per heavy atom. The van der Waals surface area contributed by atoms with E-state index < -0.39 is 0 Å². The smallest absolute Gasteiger partial charge is 0.336 e. The monoisotopic (exact) mass is 328 g/mol. The summed E-state index contributed by atoms with van der Waals surface area (Å²) < 4.78 is 11.1. The second kappa shape index (κ2) is 6.47. The van der Waals surface area contributed by atoms with Crippen LogP contribution in [0.25, 0.3) is 11.0 Å². The molecule has 0 saturated heterocycles. The fraction of sp³-hybridized carbons (Fsp3) is 0.211. The summed E-state index contributed by atoms with van der Waals surface area (Å²) in [5.41, 5.74) is 3.31. The predicted molar refractivity (Wildman–Crippen MR) is 92.4 cm³/mol. The quantitative estimate of drug-likeness (QED) is 0.640. The molecule has 118 valence electrons. The van der Waals surface area contributed by atoms with Crippen LogP contribution in [-0.2, 0) is 13.0 Å². The van der Waals surface area contributed by atoms with E-state index in [0.29, 0.717) is 23.0 Å². The molecule has 1 aromatic heterocycles. The molecule has 0 aliphatic carbocycles. The number of ether oxygens (including phenoxy) is 1. The number of rotatable bonds is 4. The van der Waals surface area contributed by atoms with Gasteiger partial charge >= 0.3 is 5.63 Å². The van der Waals surface area contributed by atoms with E-state index in [4.69, 9.17) is 20.8 Å². The van der Waals surface area contributed by atoms with Crippen LogP contribution in [0.15, 0.2) is 51.7 Å². The summed E-state index contributed by atoms with van der Waals surface area (Å²) >= 11 is 6.32. The lowest BCUT2D eigenvalue weighted by atomic mass is 10.1. The first kappa shape index (κ1) is 15.6. The summed E-state index contributed by atoms with van der Waals surface area (Å²) in [5.74, 6) is 0.510. The number of halogens is 1. The number of hydrogen-bond donors (Lipinski definition) is 0. The number of hydrogen-bond acceptors (Lipinski definition) is 3. The first-order chi connectivity index (χ1) is 11.1. The van der Waals surface area contributed by atoms with E-state index >= 15 is 0 Å². The highest BCUT2D eigenvalue weighted by molar-refractivity contribution is 6.32. The highest BCUT2D eigenvalue weighted by atomic mass is 35.5. The molecule has 3 aromatic rings. The van der Waals surface area contributed by atoms with Gasteiger partial charge in [0.15, 0.2) is 0 Å². The molecule has 0 unspecified atom stereocenters. The van der Waals surface area contributed by atoms with Crippen LogP contribution in [-0.4, -0.2) is 0 Å². The van der Waals surface area contributed by atoms with Crippen LogP contribution in [0.5, 0.6) is 5.75 Å². The number of aryl methyl sites for hydroxylation is 2. The summed E-state index contributed by atoms with van der Waals surface area (Å²) in [6.07, 6.45) is 0.738. The lowest BCUT2D eigenvalue weighted by molar-refractivity contribution is 0.306. The molecule has 0 saturated carbocycles. The molecular formula is C19H17ClO3.